The highest BCUT2D eigenvalue weighted by Crippen LogP contribution is 2.15. The molecule has 0 aromatic carbocycles. The zero-order valence-electron chi connectivity index (χ0n) is 32.6. The van der Waals surface area contributed by atoms with E-state index < -0.39 is 6.04 Å². The van der Waals surface area contributed by atoms with Gasteiger partial charge in [-0.15, -0.1) is 12.4 Å². The summed E-state index contributed by atoms with van der Waals surface area (Å²) in [5, 5.41) is 16.2. The van der Waals surface area contributed by atoms with Crippen molar-refractivity contribution in [2.45, 2.75) is 232 Å². The fourth-order valence-corrected chi connectivity index (χ4v) is 6.54. The van der Waals surface area contributed by atoms with E-state index in [9.17, 15) is 9.59 Å². The highest BCUT2D eigenvalue weighted by atomic mass is 35.5. The zero-order chi connectivity index (χ0) is 35.2. The van der Waals surface area contributed by atoms with Gasteiger partial charge in [0.2, 0.25) is 11.8 Å². The second-order valence-corrected chi connectivity index (χ2v) is 14.5. The first-order valence-electron chi connectivity index (χ1n) is 21.2. The molecule has 0 aliphatic carbocycles. The number of guanidine groups is 1. The summed E-state index contributed by atoms with van der Waals surface area (Å²) < 4.78 is 0. The molecule has 0 saturated carbocycles. The van der Waals surface area contributed by atoms with Crippen molar-refractivity contribution in [3.8, 4) is 0 Å². The molecule has 0 heterocycles. The summed E-state index contributed by atoms with van der Waals surface area (Å²) in [6.07, 6.45) is 40.8. The van der Waals surface area contributed by atoms with E-state index >= 15 is 0 Å². The van der Waals surface area contributed by atoms with Crippen LogP contribution in [0.5, 0.6) is 0 Å². The van der Waals surface area contributed by atoms with E-state index in [0.29, 0.717) is 25.9 Å². The van der Waals surface area contributed by atoms with Gasteiger partial charge in [-0.2, -0.15) is 0 Å². The van der Waals surface area contributed by atoms with Gasteiger partial charge in [0.15, 0.2) is 5.96 Å². The van der Waals surface area contributed by atoms with Gasteiger partial charge in [-0.3, -0.25) is 15.0 Å². The first-order chi connectivity index (χ1) is 23.5. The Labute approximate surface area is 310 Å². The summed E-state index contributed by atoms with van der Waals surface area (Å²) in [4.78, 5) is 25.7. The molecule has 8 heteroatoms. The second kappa shape index (κ2) is 40.9. The molecule has 0 radical (unpaired) electrons. The first-order valence-corrected chi connectivity index (χ1v) is 21.2. The maximum absolute atomic E-state index is 13.0. The molecule has 0 rings (SSSR count). The molecule has 292 valence electrons. The Kier molecular flexibility index (Phi) is 41.4. The van der Waals surface area contributed by atoms with E-state index in [4.69, 9.17) is 11.1 Å². The van der Waals surface area contributed by atoms with Crippen LogP contribution in [0.2, 0.25) is 0 Å². The number of nitrogens with one attached hydrogen (secondary N) is 4. The second-order valence-electron chi connectivity index (χ2n) is 14.5. The molecule has 7 nitrogen and oxygen atoms in total. The summed E-state index contributed by atoms with van der Waals surface area (Å²) in [5.41, 5.74) is 5.37. The average molecular weight is 715 g/mol. The van der Waals surface area contributed by atoms with Crippen molar-refractivity contribution in [3.63, 3.8) is 0 Å². The van der Waals surface area contributed by atoms with Crippen LogP contribution in [-0.4, -0.2) is 36.9 Å². The zero-order valence-corrected chi connectivity index (χ0v) is 33.4. The van der Waals surface area contributed by atoms with E-state index in [1.807, 2.05) is 0 Å². The van der Waals surface area contributed by atoms with Crippen LogP contribution in [0.4, 0.5) is 0 Å². The Morgan fingerprint density at radius 1 is 0.490 bits per heavy atom. The summed E-state index contributed by atoms with van der Waals surface area (Å²) in [6.45, 7) is 5.82. The Bertz CT molecular complexity index is 724. The van der Waals surface area contributed by atoms with Crippen LogP contribution in [0.15, 0.2) is 0 Å². The number of hydrogen-bond donors (Lipinski definition) is 5. The fraction of sp³-hybridized carbons (Fsp3) is 0.927. The van der Waals surface area contributed by atoms with Gasteiger partial charge in [-0.1, -0.05) is 187 Å². The Morgan fingerprint density at radius 3 is 1.20 bits per heavy atom. The molecule has 0 aromatic heterocycles. The van der Waals surface area contributed by atoms with Crippen LogP contribution in [-0.2, 0) is 9.59 Å². The van der Waals surface area contributed by atoms with Crippen molar-refractivity contribution in [2.75, 3.05) is 13.1 Å². The SMILES string of the molecule is CCCCCCCCCCCCCCCCCCCCCC(=O)N[C@@H](CCCCNC(=N)N)C(=O)NCCCCCCCCCCCC.Cl. The lowest BCUT2D eigenvalue weighted by Gasteiger charge is -2.19. The van der Waals surface area contributed by atoms with Gasteiger partial charge in [0.05, 0.1) is 0 Å². The molecule has 2 amide bonds. The van der Waals surface area contributed by atoms with Crippen molar-refractivity contribution < 1.29 is 9.59 Å². The highest BCUT2D eigenvalue weighted by molar-refractivity contribution is 5.87. The first kappa shape index (κ1) is 49.6. The molecule has 0 fully saturated rings. The molecule has 0 aromatic rings. The minimum absolute atomic E-state index is 0. The minimum atomic E-state index is -0.488. The Hall–Kier alpha value is -1.50. The quantitative estimate of drug-likeness (QED) is 0.0248. The van der Waals surface area contributed by atoms with Crippen LogP contribution >= 0.6 is 12.4 Å². The number of rotatable bonds is 38. The van der Waals surface area contributed by atoms with E-state index in [1.165, 1.54) is 161 Å². The molecule has 0 unspecified atom stereocenters. The number of hydrogen-bond acceptors (Lipinski definition) is 3. The molecular formula is C41H84ClN5O2. The Balaban J connectivity index is 0. The molecule has 6 N–H and O–H groups in total. The average Bonchev–Trinajstić information content (AvgIpc) is 3.07. The number of halogens is 1. The van der Waals surface area contributed by atoms with Gasteiger partial charge in [0.25, 0.3) is 0 Å². The number of carbonyl (C=O) groups excluding carboxylic acids is 2. The van der Waals surface area contributed by atoms with E-state index in [-0.39, 0.29) is 30.2 Å². The third-order valence-electron chi connectivity index (χ3n) is 9.72. The molecule has 0 bridgehead atoms. The topological polar surface area (TPSA) is 120 Å². The Morgan fingerprint density at radius 2 is 0.816 bits per heavy atom. The van der Waals surface area contributed by atoms with E-state index in [2.05, 4.69) is 29.8 Å². The monoisotopic (exact) mass is 714 g/mol. The molecule has 0 aliphatic rings. The lowest BCUT2D eigenvalue weighted by atomic mass is 10.0. The summed E-state index contributed by atoms with van der Waals surface area (Å²) >= 11 is 0. The van der Waals surface area contributed by atoms with Gasteiger partial charge in [-0.05, 0) is 32.1 Å². The molecule has 49 heavy (non-hydrogen) atoms. The minimum Gasteiger partial charge on any atom is -0.370 e. The summed E-state index contributed by atoms with van der Waals surface area (Å²) in [5.74, 6) is -0.108. The van der Waals surface area contributed by atoms with Crippen molar-refractivity contribution >= 4 is 30.2 Å². The van der Waals surface area contributed by atoms with Crippen LogP contribution in [0, 0.1) is 5.41 Å². The lowest BCUT2D eigenvalue weighted by molar-refractivity contribution is -0.129. The van der Waals surface area contributed by atoms with Crippen LogP contribution < -0.4 is 21.7 Å². The lowest BCUT2D eigenvalue weighted by Crippen LogP contribution is -2.47. The predicted molar refractivity (Wildman–Crippen MR) is 216 cm³/mol. The van der Waals surface area contributed by atoms with Crippen LogP contribution in [0.1, 0.15) is 226 Å². The maximum atomic E-state index is 13.0. The van der Waals surface area contributed by atoms with E-state index in [1.54, 1.807) is 0 Å². The van der Waals surface area contributed by atoms with Crippen molar-refractivity contribution in [2.24, 2.45) is 5.73 Å². The van der Waals surface area contributed by atoms with Gasteiger partial charge in [0, 0.05) is 19.5 Å². The van der Waals surface area contributed by atoms with Gasteiger partial charge < -0.3 is 21.7 Å². The van der Waals surface area contributed by atoms with Crippen molar-refractivity contribution in [1.29, 1.82) is 5.41 Å². The van der Waals surface area contributed by atoms with Crippen LogP contribution in [0.25, 0.3) is 0 Å². The third-order valence-corrected chi connectivity index (χ3v) is 9.72. The molecule has 0 aliphatic heterocycles. The third kappa shape index (κ3) is 39.1. The van der Waals surface area contributed by atoms with Crippen molar-refractivity contribution in [3.05, 3.63) is 0 Å². The van der Waals surface area contributed by atoms with Crippen molar-refractivity contribution in [1.82, 2.24) is 16.0 Å². The van der Waals surface area contributed by atoms with Gasteiger partial charge in [-0.25, -0.2) is 0 Å². The fourth-order valence-electron chi connectivity index (χ4n) is 6.54. The largest absolute Gasteiger partial charge is 0.370 e. The molecule has 0 saturated heterocycles. The highest BCUT2D eigenvalue weighted by Gasteiger charge is 2.20. The summed E-state index contributed by atoms with van der Waals surface area (Å²) in [7, 11) is 0. The normalized spacial score (nSPS) is 11.6. The van der Waals surface area contributed by atoms with Gasteiger partial charge >= 0.3 is 0 Å². The summed E-state index contributed by atoms with van der Waals surface area (Å²) in [6, 6.07) is -0.488. The number of amides is 2. The van der Waals surface area contributed by atoms with Crippen LogP contribution in [0.3, 0.4) is 0 Å². The maximum Gasteiger partial charge on any atom is 0.242 e. The predicted octanol–water partition coefficient (Wildman–Crippen LogP) is 11.4. The number of unbranched alkanes of at least 4 members (excludes halogenated alkanes) is 28. The van der Waals surface area contributed by atoms with Gasteiger partial charge in [0.1, 0.15) is 6.04 Å². The number of nitrogens with two attached hydrogens (primary N) is 1. The molecule has 1 atom stereocenters. The molecular weight excluding hydrogens is 630 g/mol. The number of carbonyl (C=O) groups is 2. The van der Waals surface area contributed by atoms with E-state index in [0.717, 1.165) is 38.5 Å². The standard InChI is InChI=1S/C41H83N5O2.ClH/c1-3-5-7-9-11-13-15-16-17-18-19-20-21-22-23-24-26-28-30-35-39(47)46-38(34-31-33-37-45-41(42)43)40(48)44-36-32-29-27-25-14-12-10-8-6-4-2;/h38H,3-37H2,1-2H3,(H,44,48)(H,46,47)(H4,42,43,45);1H/t38-;/m0./s1. The smallest absolute Gasteiger partial charge is 0.242 e. The molecule has 0 spiro atoms.